The standard InChI is InChI=1S/C17H18N4O3/c1-10(11-4-5-13-12(8-11)6-7-18-13)19-16(23)14-9-15(22)21(3)17(24)20(14)2/h4-10,18H,1-3H3,(H,19,23)/t10-/m1/s1. The van der Waals surface area contributed by atoms with Gasteiger partial charge in [0.25, 0.3) is 11.5 Å². The Morgan fingerprint density at radius 3 is 2.62 bits per heavy atom. The Labute approximate surface area is 137 Å². The van der Waals surface area contributed by atoms with Gasteiger partial charge in [-0.15, -0.1) is 0 Å². The molecule has 2 heterocycles. The second-order valence-corrected chi connectivity index (χ2v) is 5.79. The Balaban J connectivity index is 1.89. The minimum Gasteiger partial charge on any atom is -0.361 e. The van der Waals surface area contributed by atoms with Gasteiger partial charge in [-0.1, -0.05) is 6.07 Å². The van der Waals surface area contributed by atoms with Crippen LogP contribution in [0.2, 0.25) is 0 Å². The largest absolute Gasteiger partial charge is 0.361 e. The number of aromatic nitrogens is 3. The summed E-state index contributed by atoms with van der Waals surface area (Å²) in [5, 5.41) is 3.88. The number of benzene rings is 1. The minimum absolute atomic E-state index is 0.0395. The summed E-state index contributed by atoms with van der Waals surface area (Å²) in [6.45, 7) is 1.85. The van der Waals surface area contributed by atoms with Gasteiger partial charge in [0.05, 0.1) is 6.04 Å². The molecule has 0 spiro atoms. The molecule has 1 atom stereocenters. The van der Waals surface area contributed by atoms with E-state index in [4.69, 9.17) is 0 Å². The van der Waals surface area contributed by atoms with Gasteiger partial charge >= 0.3 is 5.69 Å². The Morgan fingerprint density at radius 2 is 1.88 bits per heavy atom. The first-order chi connectivity index (χ1) is 11.4. The normalized spacial score (nSPS) is 12.3. The number of nitrogens with zero attached hydrogens (tertiary/aromatic N) is 2. The third kappa shape index (κ3) is 2.64. The van der Waals surface area contributed by atoms with Gasteiger partial charge in [0.1, 0.15) is 5.69 Å². The van der Waals surface area contributed by atoms with E-state index in [1.165, 1.54) is 24.7 Å². The quantitative estimate of drug-likeness (QED) is 0.754. The van der Waals surface area contributed by atoms with Crippen LogP contribution in [0.4, 0.5) is 0 Å². The Kier molecular flexibility index (Phi) is 3.84. The molecular weight excluding hydrogens is 308 g/mol. The lowest BCUT2D eigenvalue weighted by molar-refractivity contribution is 0.0929. The molecule has 0 saturated heterocycles. The van der Waals surface area contributed by atoms with E-state index in [2.05, 4.69) is 10.3 Å². The van der Waals surface area contributed by atoms with Crippen molar-refractivity contribution in [3.05, 3.63) is 68.6 Å². The molecule has 0 aliphatic carbocycles. The smallest absolute Gasteiger partial charge is 0.331 e. The van der Waals surface area contributed by atoms with E-state index in [0.717, 1.165) is 21.0 Å². The van der Waals surface area contributed by atoms with Gasteiger partial charge in [-0.05, 0) is 36.1 Å². The summed E-state index contributed by atoms with van der Waals surface area (Å²) in [5.41, 5.74) is 0.951. The number of hydrogen-bond acceptors (Lipinski definition) is 3. The number of H-pyrrole nitrogens is 1. The van der Waals surface area contributed by atoms with E-state index < -0.39 is 17.2 Å². The molecule has 0 bridgehead atoms. The zero-order valence-corrected chi connectivity index (χ0v) is 13.7. The molecular formula is C17H18N4O3. The van der Waals surface area contributed by atoms with E-state index in [9.17, 15) is 14.4 Å². The molecule has 0 unspecified atom stereocenters. The third-order valence-corrected chi connectivity index (χ3v) is 4.18. The number of carbonyl (C=O) groups is 1. The summed E-state index contributed by atoms with van der Waals surface area (Å²) in [5.74, 6) is -0.464. The van der Waals surface area contributed by atoms with Crippen LogP contribution in [-0.2, 0) is 14.1 Å². The summed E-state index contributed by atoms with van der Waals surface area (Å²) >= 11 is 0. The van der Waals surface area contributed by atoms with Gasteiger partial charge in [0.15, 0.2) is 0 Å². The van der Waals surface area contributed by atoms with Gasteiger partial charge < -0.3 is 10.3 Å². The van der Waals surface area contributed by atoms with Crippen LogP contribution >= 0.6 is 0 Å². The van der Waals surface area contributed by atoms with Crippen molar-refractivity contribution in [1.29, 1.82) is 0 Å². The van der Waals surface area contributed by atoms with E-state index in [1.807, 2.05) is 37.4 Å². The monoisotopic (exact) mass is 326 g/mol. The highest BCUT2D eigenvalue weighted by Crippen LogP contribution is 2.19. The first-order valence-corrected chi connectivity index (χ1v) is 7.53. The molecule has 0 radical (unpaired) electrons. The van der Waals surface area contributed by atoms with E-state index in [0.29, 0.717) is 0 Å². The van der Waals surface area contributed by atoms with Crippen molar-refractivity contribution in [2.45, 2.75) is 13.0 Å². The van der Waals surface area contributed by atoms with Crippen LogP contribution in [0.1, 0.15) is 29.0 Å². The molecule has 7 nitrogen and oxygen atoms in total. The van der Waals surface area contributed by atoms with Crippen LogP contribution in [0, 0.1) is 0 Å². The SMILES string of the molecule is C[C@@H](NC(=O)c1cc(=O)n(C)c(=O)n1C)c1ccc2[nH]ccc2c1. The molecule has 2 aromatic heterocycles. The highest BCUT2D eigenvalue weighted by Gasteiger charge is 2.16. The van der Waals surface area contributed by atoms with Crippen molar-refractivity contribution in [2.75, 3.05) is 0 Å². The predicted octanol–water partition coefficient (Wildman–Crippen LogP) is 1.06. The first-order valence-electron chi connectivity index (χ1n) is 7.53. The van der Waals surface area contributed by atoms with Crippen LogP contribution in [-0.4, -0.2) is 20.0 Å². The summed E-state index contributed by atoms with van der Waals surface area (Å²) < 4.78 is 2.12. The number of carbonyl (C=O) groups excluding carboxylic acids is 1. The number of fused-ring (bicyclic) bond motifs is 1. The summed E-state index contributed by atoms with van der Waals surface area (Å²) in [6.07, 6.45) is 1.85. The van der Waals surface area contributed by atoms with Crippen molar-refractivity contribution in [3.63, 3.8) is 0 Å². The summed E-state index contributed by atoms with van der Waals surface area (Å²) in [7, 11) is 2.84. The Bertz CT molecular complexity index is 1040. The highest BCUT2D eigenvalue weighted by molar-refractivity contribution is 5.92. The molecule has 0 aliphatic heterocycles. The van der Waals surface area contributed by atoms with E-state index in [1.54, 1.807) is 0 Å². The maximum absolute atomic E-state index is 12.5. The molecule has 124 valence electrons. The maximum Gasteiger partial charge on any atom is 0.331 e. The lowest BCUT2D eigenvalue weighted by atomic mass is 10.1. The minimum atomic E-state index is -0.533. The summed E-state index contributed by atoms with van der Waals surface area (Å²) in [4.78, 5) is 39.3. The van der Waals surface area contributed by atoms with Crippen molar-refractivity contribution >= 4 is 16.8 Å². The van der Waals surface area contributed by atoms with Crippen molar-refractivity contribution in [2.24, 2.45) is 14.1 Å². The van der Waals surface area contributed by atoms with Gasteiger partial charge in [-0.2, -0.15) is 0 Å². The molecule has 1 amide bonds. The fraction of sp³-hybridized carbons (Fsp3) is 0.235. The van der Waals surface area contributed by atoms with Gasteiger partial charge in [0, 0.05) is 31.9 Å². The van der Waals surface area contributed by atoms with Gasteiger partial charge in [-0.25, -0.2) is 4.79 Å². The molecule has 3 rings (SSSR count). The molecule has 1 aromatic carbocycles. The van der Waals surface area contributed by atoms with Gasteiger partial charge in [0.2, 0.25) is 0 Å². The molecule has 3 aromatic rings. The first kappa shape index (κ1) is 15.8. The fourth-order valence-electron chi connectivity index (χ4n) is 2.65. The van der Waals surface area contributed by atoms with Crippen LogP contribution in [0.25, 0.3) is 10.9 Å². The zero-order valence-electron chi connectivity index (χ0n) is 13.7. The van der Waals surface area contributed by atoms with Crippen LogP contribution in [0.5, 0.6) is 0 Å². The number of hydrogen-bond donors (Lipinski definition) is 2. The lowest BCUT2D eigenvalue weighted by Crippen LogP contribution is -2.41. The Hall–Kier alpha value is -3.09. The average molecular weight is 326 g/mol. The molecule has 0 saturated carbocycles. The Morgan fingerprint density at radius 1 is 1.12 bits per heavy atom. The number of nitrogens with one attached hydrogen (secondary N) is 2. The molecule has 0 fully saturated rings. The lowest BCUT2D eigenvalue weighted by Gasteiger charge is -2.16. The van der Waals surface area contributed by atoms with E-state index >= 15 is 0 Å². The van der Waals surface area contributed by atoms with E-state index in [-0.39, 0.29) is 11.7 Å². The predicted molar refractivity (Wildman–Crippen MR) is 91.1 cm³/mol. The molecule has 24 heavy (non-hydrogen) atoms. The number of rotatable bonds is 3. The van der Waals surface area contributed by atoms with Crippen LogP contribution < -0.4 is 16.6 Å². The maximum atomic E-state index is 12.5. The highest BCUT2D eigenvalue weighted by atomic mass is 16.2. The average Bonchev–Trinajstić information content (AvgIpc) is 3.03. The summed E-state index contributed by atoms with van der Waals surface area (Å²) in [6, 6.07) is 8.71. The fourth-order valence-corrected chi connectivity index (χ4v) is 2.65. The number of amides is 1. The van der Waals surface area contributed by atoms with Crippen LogP contribution in [0.3, 0.4) is 0 Å². The van der Waals surface area contributed by atoms with Crippen LogP contribution in [0.15, 0.2) is 46.1 Å². The topological polar surface area (TPSA) is 88.9 Å². The van der Waals surface area contributed by atoms with Crippen molar-refractivity contribution < 1.29 is 4.79 Å². The second kappa shape index (κ2) is 5.84. The zero-order chi connectivity index (χ0) is 17.4. The van der Waals surface area contributed by atoms with Gasteiger partial charge in [-0.3, -0.25) is 18.7 Å². The third-order valence-electron chi connectivity index (χ3n) is 4.18. The van der Waals surface area contributed by atoms with Crippen molar-refractivity contribution in [1.82, 2.24) is 19.4 Å². The second-order valence-electron chi connectivity index (χ2n) is 5.79. The molecule has 7 heteroatoms. The number of aromatic amines is 1. The van der Waals surface area contributed by atoms with Crippen molar-refractivity contribution in [3.8, 4) is 0 Å². The molecule has 0 aliphatic rings. The molecule has 2 N–H and O–H groups in total.